The molecule has 3 heteroatoms. The summed E-state index contributed by atoms with van der Waals surface area (Å²) in [6.07, 6.45) is 2.00. The molecule has 0 aliphatic heterocycles. The molecule has 2 heterocycles. The molecule has 0 spiro atoms. The Morgan fingerprint density at radius 2 is 1.10 bits per heavy atom. The lowest BCUT2D eigenvalue weighted by molar-refractivity contribution is 0.660. The predicted molar refractivity (Wildman–Crippen MR) is 239 cm³/mol. The van der Waals surface area contributed by atoms with Gasteiger partial charge in [0.1, 0.15) is 0 Å². The third kappa shape index (κ3) is 5.61. The van der Waals surface area contributed by atoms with E-state index in [2.05, 4.69) is 190 Å². The molecule has 0 bridgehead atoms. The summed E-state index contributed by atoms with van der Waals surface area (Å²) in [7, 11) is 0. The summed E-state index contributed by atoms with van der Waals surface area (Å²) in [6.45, 7) is 4.65. The van der Waals surface area contributed by atoms with E-state index >= 15 is 0 Å². The maximum Gasteiger partial charge on any atom is 0.160 e. The number of pyridine rings is 1. The fraction of sp³-hybridized carbons (Fsp3) is 0.109. The average Bonchev–Trinajstić information content (AvgIpc) is 3.39. The first-order valence-corrected chi connectivity index (χ1v) is 20.4. The molecule has 276 valence electrons. The zero-order valence-electron chi connectivity index (χ0n) is 32.7. The molecular formula is C55H41N3. The molecule has 0 saturated heterocycles. The van der Waals surface area contributed by atoms with Crippen molar-refractivity contribution in [2.45, 2.75) is 38.0 Å². The van der Waals surface area contributed by atoms with Crippen LogP contribution in [0.5, 0.6) is 0 Å². The van der Waals surface area contributed by atoms with Crippen molar-refractivity contribution in [2.24, 2.45) is 0 Å². The van der Waals surface area contributed by atoms with E-state index in [1.807, 2.05) is 6.07 Å². The molecule has 0 N–H and O–H groups in total. The van der Waals surface area contributed by atoms with Gasteiger partial charge in [0.15, 0.2) is 5.82 Å². The highest BCUT2D eigenvalue weighted by Crippen LogP contribution is 2.50. The molecule has 2 aliphatic carbocycles. The molecule has 2 aliphatic rings. The van der Waals surface area contributed by atoms with Crippen LogP contribution < -0.4 is 0 Å². The molecule has 2 aromatic heterocycles. The van der Waals surface area contributed by atoms with E-state index in [-0.39, 0.29) is 5.41 Å². The molecule has 0 amide bonds. The monoisotopic (exact) mass is 743 g/mol. The van der Waals surface area contributed by atoms with Gasteiger partial charge in [0.2, 0.25) is 0 Å². The van der Waals surface area contributed by atoms with Gasteiger partial charge in [0.05, 0.1) is 22.6 Å². The van der Waals surface area contributed by atoms with Gasteiger partial charge < -0.3 is 0 Å². The van der Waals surface area contributed by atoms with Crippen molar-refractivity contribution < 1.29 is 0 Å². The second-order valence-corrected chi connectivity index (χ2v) is 16.3. The summed E-state index contributed by atoms with van der Waals surface area (Å²) in [6, 6.07) is 65.6. The van der Waals surface area contributed by atoms with Gasteiger partial charge in [-0.05, 0) is 75.5 Å². The standard InChI is InChI=1S/C55H41N3/c1-55(2)47-23-13-11-20-42(47)43-30-29-39(33-48(43)55)51-34-50(57-54(58-51)38-17-7-4-8-18-38)36-25-27-37(28-26-36)53-52-45-22-10-9-19-41(45)40(35-15-5-3-6-16-35)31-32-46(52)44-21-12-14-24-49(44)56-53/h3-30,33-34,40H,31-32H2,1-2H3. The van der Waals surface area contributed by atoms with Crippen molar-refractivity contribution in [3.8, 4) is 67.4 Å². The summed E-state index contributed by atoms with van der Waals surface area (Å²) >= 11 is 0. The van der Waals surface area contributed by atoms with Crippen LogP contribution >= 0.6 is 0 Å². The molecule has 0 fully saturated rings. The number of rotatable bonds is 5. The van der Waals surface area contributed by atoms with Crippen LogP contribution in [-0.2, 0) is 11.8 Å². The van der Waals surface area contributed by atoms with E-state index in [1.165, 1.54) is 55.5 Å². The van der Waals surface area contributed by atoms with Crippen LogP contribution in [0.15, 0.2) is 182 Å². The van der Waals surface area contributed by atoms with Crippen LogP contribution in [0.25, 0.3) is 78.3 Å². The maximum absolute atomic E-state index is 5.44. The number of aromatic nitrogens is 3. The Kier molecular flexibility index (Phi) is 8.04. The Balaban J connectivity index is 1.04. The topological polar surface area (TPSA) is 38.7 Å². The average molecular weight is 744 g/mol. The molecule has 11 rings (SSSR count). The van der Waals surface area contributed by atoms with Crippen molar-refractivity contribution in [1.29, 1.82) is 0 Å². The normalized spacial score (nSPS) is 14.9. The van der Waals surface area contributed by atoms with Gasteiger partial charge in [-0.2, -0.15) is 0 Å². The minimum atomic E-state index is -0.103. The number of para-hydroxylation sites is 1. The van der Waals surface area contributed by atoms with E-state index in [0.717, 1.165) is 57.7 Å². The van der Waals surface area contributed by atoms with Gasteiger partial charge in [0.25, 0.3) is 0 Å². The van der Waals surface area contributed by atoms with Crippen LogP contribution in [0.3, 0.4) is 0 Å². The SMILES string of the molecule is CC1(C)c2ccccc2-c2ccc(-c3cc(-c4ccc(-c5nc6ccccc6c6c5-c5ccccc5C(c5ccccc5)CC6)cc4)nc(-c4ccccc4)n3)cc21. The molecule has 7 aromatic carbocycles. The zero-order chi connectivity index (χ0) is 38.8. The van der Waals surface area contributed by atoms with E-state index in [1.54, 1.807) is 0 Å². The second-order valence-electron chi connectivity index (χ2n) is 16.3. The van der Waals surface area contributed by atoms with E-state index in [4.69, 9.17) is 15.0 Å². The van der Waals surface area contributed by atoms with Crippen molar-refractivity contribution in [3.05, 3.63) is 210 Å². The van der Waals surface area contributed by atoms with Crippen molar-refractivity contribution in [2.75, 3.05) is 0 Å². The van der Waals surface area contributed by atoms with E-state index in [9.17, 15) is 0 Å². The molecule has 9 aromatic rings. The van der Waals surface area contributed by atoms with Crippen molar-refractivity contribution >= 4 is 10.9 Å². The first-order chi connectivity index (χ1) is 28.5. The summed E-state index contributed by atoms with van der Waals surface area (Å²) in [5, 5.41) is 1.24. The maximum atomic E-state index is 5.44. The third-order valence-corrected chi connectivity index (χ3v) is 12.6. The molecular weight excluding hydrogens is 703 g/mol. The van der Waals surface area contributed by atoms with Crippen LogP contribution in [0.4, 0.5) is 0 Å². The molecule has 58 heavy (non-hydrogen) atoms. The minimum Gasteiger partial charge on any atom is -0.247 e. The van der Waals surface area contributed by atoms with Gasteiger partial charge in [-0.25, -0.2) is 15.0 Å². The van der Waals surface area contributed by atoms with Crippen LogP contribution in [0.1, 0.15) is 54.0 Å². The van der Waals surface area contributed by atoms with E-state index in [0.29, 0.717) is 11.7 Å². The number of hydrogen-bond acceptors (Lipinski definition) is 3. The van der Waals surface area contributed by atoms with Crippen LogP contribution in [-0.4, -0.2) is 15.0 Å². The van der Waals surface area contributed by atoms with Gasteiger partial charge in [0, 0.05) is 44.5 Å². The fourth-order valence-corrected chi connectivity index (χ4v) is 9.67. The number of nitrogens with zero attached hydrogens (tertiary/aromatic N) is 3. The summed E-state index contributed by atoms with van der Waals surface area (Å²) < 4.78 is 0. The van der Waals surface area contributed by atoms with Gasteiger partial charge in [-0.3, -0.25) is 0 Å². The Labute approximate surface area is 339 Å². The first-order valence-electron chi connectivity index (χ1n) is 20.4. The summed E-state index contributed by atoms with van der Waals surface area (Å²) in [5.74, 6) is 1.02. The third-order valence-electron chi connectivity index (χ3n) is 12.6. The Morgan fingerprint density at radius 1 is 0.483 bits per heavy atom. The largest absolute Gasteiger partial charge is 0.247 e. The summed E-state index contributed by atoms with van der Waals surface area (Å²) in [4.78, 5) is 15.8. The van der Waals surface area contributed by atoms with E-state index < -0.39 is 0 Å². The molecule has 3 nitrogen and oxygen atoms in total. The quantitative estimate of drug-likeness (QED) is 0.176. The predicted octanol–water partition coefficient (Wildman–Crippen LogP) is 13.7. The Hall–Kier alpha value is -6.97. The highest BCUT2D eigenvalue weighted by Gasteiger charge is 2.35. The van der Waals surface area contributed by atoms with Crippen LogP contribution in [0.2, 0.25) is 0 Å². The molecule has 0 saturated carbocycles. The number of hydrogen-bond donors (Lipinski definition) is 0. The molecule has 1 unspecified atom stereocenters. The zero-order valence-corrected chi connectivity index (χ0v) is 32.7. The summed E-state index contributed by atoms with van der Waals surface area (Å²) in [5.41, 5.74) is 19.9. The smallest absolute Gasteiger partial charge is 0.160 e. The van der Waals surface area contributed by atoms with Crippen LogP contribution in [0, 0.1) is 0 Å². The number of fused-ring (bicyclic) bond motifs is 8. The van der Waals surface area contributed by atoms with Crippen molar-refractivity contribution in [1.82, 2.24) is 15.0 Å². The molecule has 1 atom stereocenters. The highest BCUT2D eigenvalue weighted by molar-refractivity contribution is 5.97. The first kappa shape index (κ1) is 34.3. The minimum absolute atomic E-state index is 0.103. The molecule has 0 radical (unpaired) electrons. The fourth-order valence-electron chi connectivity index (χ4n) is 9.67. The highest BCUT2D eigenvalue weighted by atomic mass is 14.9. The van der Waals surface area contributed by atoms with Gasteiger partial charge >= 0.3 is 0 Å². The lowest BCUT2D eigenvalue weighted by Crippen LogP contribution is -2.14. The number of benzene rings is 7. The number of aryl methyl sites for hydroxylation is 1. The second kappa shape index (κ2) is 13.6. The Morgan fingerprint density at radius 3 is 1.91 bits per heavy atom. The lowest BCUT2D eigenvalue weighted by Gasteiger charge is -2.22. The van der Waals surface area contributed by atoms with Crippen molar-refractivity contribution in [3.63, 3.8) is 0 Å². The Bertz CT molecular complexity index is 3020. The van der Waals surface area contributed by atoms with Gasteiger partial charge in [-0.15, -0.1) is 0 Å². The lowest BCUT2D eigenvalue weighted by atomic mass is 9.82. The van der Waals surface area contributed by atoms with Gasteiger partial charge in [-0.1, -0.05) is 178 Å².